The van der Waals surface area contributed by atoms with Crippen molar-refractivity contribution in [1.29, 1.82) is 0 Å². The molecule has 194 valence electrons. The number of amides is 2. The van der Waals surface area contributed by atoms with Crippen molar-refractivity contribution < 1.29 is 22.8 Å². The number of nitrogens with one attached hydrogen (secondary N) is 2. The maximum absolute atomic E-state index is 15.8. The molecule has 2 N–H and O–H groups in total. The lowest BCUT2D eigenvalue weighted by Gasteiger charge is -2.17. The molecule has 6 rings (SSSR count). The monoisotopic (exact) mass is 523 g/mol. The van der Waals surface area contributed by atoms with Crippen molar-refractivity contribution in [1.82, 2.24) is 15.6 Å². The SMILES string of the molecule is CNC(=O)c1c(-c2ccc(F)cc2)oc2ccc(-c3cccc(C(=O)NC4(c5ccccn5)CC4)c3F)cc12. The standard InChI is InChI=1S/C31H23F2N3O3/c1-34-30(38)26-23-17-19(10-13-24(23)39-28(26)18-8-11-20(32)12-9-18)21-5-4-6-22(27(21)33)29(37)36-31(14-15-31)25-7-2-3-16-35-25/h2-13,16-17H,14-15H2,1H3,(H,34,38)(H,36,37). The first-order valence-corrected chi connectivity index (χ1v) is 12.5. The Hall–Kier alpha value is -4.85. The van der Waals surface area contributed by atoms with Gasteiger partial charge in [-0.15, -0.1) is 0 Å². The predicted molar refractivity (Wildman–Crippen MR) is 143 cm³/mol. The molecule has 2 aromatic heterocycles. The van der Waals surface area contributed by atoms with Gasteiger partial charge in [0, 0.05) is 29.8 Å². The van der Waals surface area contributed by atoms with Gasteiger partial charge in [-0.2, -0.15) is 0 Å². The summed E-state index contributed by atoms with van der Waals surface area (Å²) in [7, 11) is 1.50. The highest BCUT2D eigenvalue weighted by Crippen LogP contribution is 2.45. The van der Waals surface area contributed by atoms with Gasteiger partial charge in [0.2, 0.25) is 0 Å². The average Bonchev–Trinajstić information content (AvgIpc) is 3.64. The Morgan fingerprint density at radius 3 is 2.36 bits per heavy atom. The summed E-state index contributed by atoms with van der Waals surface area (Å²) in [5, 5.41) is 6.05. The zero-order valence-corrected chi connectivity index (χ0v) is 20.9. The first kappa shape index (κ1) is 24.5. The molecule has 2 amide bonds. The number of fused-ring (bicyclic) bond motifs is 1. The predicted octanol–water partition coefficient (Wildman–Crippen LogP) is 6.22. The first-order chi connectivity index (χ1) is 18.9. The zero-order valence-electron chi connectivity index (χ0n) is 20.9. The number of furan rings is 1. The maximum Gasteiger partial charge on any atom is 0.255 e. The van der Waals surface area contributed by atoms with Gasteiger partial charge in [-0.25, -0.2) is 8.78 Å². The fourth-order valence-corrected chi connectivity index (χ4v) is 4.85. The smallest absolute Gasteiger partial charge is 0.255 e. The molecule has 1 aliphatic rings. The van der Waals surface area contributed by atoms with Crippen LogP contribution in [0, 0.1) is 11.6 Å². The van der Waals surface area contributed by atoms with Crippen molar-refractivity contribution in [3.63, 3.8) is 0 Å². The Bertz CT molecular complexity index is 1730. The topological polar surface area (TPSA) is 84.2 Å². The van der Waals surface area contributed by atoms with E-state index in [0.29, 0.717) is 22.1 Å². The van der Waals surface area contributed by atoms with Crippen molar-refractivity contribution in [3.8, 4) is 22.5 Å². The fourth-order valence-electron chi connectivity index (χ4n) is 4.85. The van der Waals surface area contributed by atoms with E-state index in [1.165, 1.54) is 37.4 Å². The van der Waals surface area contributed by atoms with Gasteiger partial charge in [0.15, 0.2) is 0 Å². The molecule has 0 spiro atoms. The normalized spacial score (nSPS) is 13.7. The lowest BCUT2D eigenvalue weighted by Crippen LogP contribution is -2.36. The number of nitrogens with zero attached hydrogens (tertiary/aromatic N) is 1. The van der Waals surface area contributed by atoms with Crippen LogP contribution in [0.2, 0.25) is 0 Å². The summed E-state index contributed by atoms with van der Waals surface area (Å²) in [5.74, 6) is -1.73. The molecule has 0 atom stereocenters. The highest BCUT2D eigenvalue weighted by atomic mass is 19.1. The lowest BCUT2D eigenvalue weighted by molar-refractivity contribution is 0.0924. The van der Waals surface area contributed by atoms with Crippen LogP contribution in [0.5, 0.6) is 0 Å². The molecule has 6 nitrogen and oxygen atoms in total. The second kappa shape index (κ2) is 9.47. The Morgan fingerprint density at radius 2 is 1.67 bits per heavy atom. The van der Waals surface area contributed by atoms with Crippen molar-refractivity contribution >= 4 is 22.8 Å². The summed E-state index contributed by atoms with van der Waals surface area (Å²) in [6.07, 6.45) is 3.13. The Kier molecular flexibility index (Phi) is 5.95. The molecule has 5 aromatic rings. The number of pyridine rings is 1. The second-order valence-electron chi connectivity index (χ2n) is 9.52. The number of hydrogen-bond donors (Lipinski definition) is 2. The van der Waals surface area contributed by atoms with Crippen LogP contribution in [0.3, 0.4) is 0 Å². The third kappa shape index (κ3) is 4.33. The third-order valence-corrected chi connectivity index (χ3v) is 7.06. The average molecular weight is 524 g/mol. The quantitative estimate of drug-likeness (QED) is 0.277. The van der Waals surface area contributed by atoms with Gasteiger partial charge in [-0.1, -0.05) is 24.3 Å². The summed E-state index contributed by atoms with van der Waals surface area (Å²) < 4.78 is 35.3. The molecule has 0 unspecified atom stereocenters. The van der Waals surface area contributed by atoms with Crippen LogP contribution in [-0.2, 0) is 5.54 Å². The molecule has 0 radical (unpaired) electrons. The van der Waals surface area contributed by atoms with E-state index in [9.17, 15) is 14.0 Å². The highest BCUT2D eigenvalue weighted by molar-refractivity contribution is 6.12. The van der Waals surface area contributed by atoms with E-state index in [1.807, 2.05) is 12.1 Å². The largest absolute Gasteiger partial charge is 0.455 e. The number of carbonyl (C=O) groups excluding carboxylic acids is 2. The molecule has 0 bridgehead atoms. The van der Waals surface area contributed by atoms with Crippen molar-refractivity contribution in [3.05, 3.63) is 114 Å². The van der Waals surface area contributed by atoms with Crippen LogP contribution >= 0.6 is 0 Å². The van der Waals surface area contributed by atoms with Gasteiger partial charge in [0.05, 0.1) is 22.4 Å². The summed E-state index contributed by atoms with van der Waals surface area (Å²) in [6.45, 7) is 0. The van der Waals surface area contributed by atoms with Crippen molar-refractivity contribution in [2.45, 2.75) is 18.4 Å². The third-order valence-electron chi connectivity index (χ3n) is 7.06. The second-order valence-corrected chi connectivity index (χ2v) is 9.52. The Balaban J connectivity index is 1.39. The zero-order chi connectivity index (χ0) is 27.1. The summed E-state index contributed by atoms with van der Waals surface area (Å²) in [6, 6.07) is 20.8. The lowest BCUT2D eigenvalue weighted by atomic mass is 9.98. The molecular formula is C31H23F2N3O3. The summed E-state index contributed by atoms with van der Waals surface area (Å²) in [4.78, 5) is 30.4. The van der Waals surface area contributed by atoms with E-state index >= 15 is 4.39 Å². The number of carbonyl (C=O) groups is 2. The number of halogens is 2. The van der Waals surface area contributed by atoms with Crippen LogP contribution in [0.25, 0.3) is 33.4 Å². The minimum Gasteiger partial charge on any atom is -0.455 e. The van der Waals surface area contributed by atoms with E-state index in [0.717, 1.165) is 18.5 Å². The molecule has 1 aliphatic carbocycles. The van der Waals surface area contributed by atoms with Gasteiger partial charge < -0.3 is 15.1 Å². The highest BCUT2D eigenvalue weighted by Gasteiger charge is 2.47. The van der Waals surface area contributed by atoms with Gasteiger partial charge >= 0.3 is 0 Å². The van der Waals surface area contributed by atoms with Gasteiger partial charge in [0.25, 0.3) is 11.8 Å². The molecule has 3 aromatic carbocycles. The van der Waals surface area contributed by atoms with Crippen LogP contribution in [0.4, 0.5) is 8.78 Å². The molecule has 39 heavy (non-hydrogen) atoms. The molecule has 0 aliphatic heterocycles. The minimum absolute atomic E-state index is 0.0828. The summed E-state index contributed by atoms with van der Waals surface area (Å²) in [5.41, 5.74) is 1.95. The molecule has 1 fully saturated rings. The van der Waals surface area contributed by atoms with Crippen LogP contribution in [0.15, 0.2) is 89.5 Å². The van der Waals surface area contributed by atoms with Crippen molar-refractivity contribution in [2.75, 3.05) is 7.05 Å². The van der Waals surface area contributed by atoms with Crippen LogP contribution < -0.4 is 10.6 Å². The number of aromatic nitrogens is 1. The molecule has 8 heteroatoms. The molecule has 2 heterocycles. The van der Waals surface area contributed by atoms with E-state index in [-0.39, 0.29) is 22.5 Å². The summed E-state index contributed by atoms with van der Waals surface area (Å²) >= 11 is 0. The number of benzene rings is 3. The van der Waals surface area contributed by atoms with Crippen LogP contribution in [-0.4, -0.2) is 23.8 Å². The van der Waals surface area contributed by atoms with E-state index in [2.05, 4.69) is 15.6 Å². The fraction of sp³-hybridized carbons (Fsp3) is 0.129. The van der Waals surface area contributed by atoms with E-state index in [1.54, 1.807) is 42.6 Å². The van der Waals surface area contributed by atoms with Gasteiger partial charge in [-0.05, 0) is 73.0 Å². The minimum atomic E-state index is -0.671. The molecular weight excluding hydrogens is 500 g/mol. The number of hydrogen-bond acceptors (Lipinski definition) is 4. The van der Waals surface area contributed by atoms with Gasteiger partial charge in [0.1, 0.15) is 23.0 Å². The Labute approximate surface area is 222 Å². The first-order valence-electron chi connectivity index (χ1n) is 12.5. The molecule has 1 saturated carbocycles. The van der Waals surface area contributed by atoms with E-state index < -0.39 is 29.0 Å². The van der Waals surface area contributed by atoms with E-state index in [4.69, 9.17) is 4.42 Å². The van der Waals surface area contributed by atoms with Crippen LogP contribution in [0.1, 0.15) is 39.3 Å². The Morgan fingerprint density at radius 1 is 0.897 bits per heavy atom. The molecule has 0 saturated heterocycles. The maximum atomic E-state index is 15.8. The van der Waals surface area contributed by atoms with Gasteiger partial charge in [-0.3, -0.25) is 14.6 Å². The van der Waals surface area contributed by atoms with Crippen molar-refractivity contribution in [2.24, 2.45) is 0 Å². The number of rotatable bonds is 6.